The van der Waals surface area contributed by atoms with Gasteiger partial charge < -0.3 is 4.42 Å². The zero-order chi connectivity index (χ0) is 24.5. The monoisotopic (exact) mass is 458 g/mol. The predicted molar refractivity (Wildman–Crippen MR) is 147 cm³/mol. The number of nitrogens with zero attached hydrogens (tertiary/aromatic N) is 2. The van der Waals surface area contributed by atoms with Gasteiger partial charge in [0.05, 0.1) is 5.69 Å². The van der Waals surface area contributed by atoms with Gasteiger partial charge in [-0.15, -0.1) is 0 Å². The number of rotatable bonds is 1. The van der Waals surface area contributed by atoms with Gasteiger partial charge >= 0.3 is 0 Å². The Balaban J connectivity index is 1.78. The molecule has 0 spiro atoms. The molecule has 0 bridgehead atoms. The molecule has 0 aliphatic heterocycles. The highest BCUT2D eigenvalue weighted by Crippen LogP contribution is 2.44. The van der Waals surface area contributed by atoms with Crippen molar-refractivity contribution in [1.29, 1.82) is 0 Å². The third-order valence-corrected chi connectivity index (χ3v) is 7.01. The highest BCUT2D eigenvalue weighted by molar-refractivity contribution is 6.24. The van der Waals surface area contributed by atoms with E-state index >= 15 is 0 Å². The second-order valence-corrected chi connectivity index (χ2v) is 11.6. The number of fused-ring (bicyclic) bond motifs is 7. The first-order valence-corrected chi connectivity index (χ1v) is 12.3. The lowest BCUT2D eigenvalue weighted by Gasteiger charge is -2.21. The lowest BCUT2D eigenvalue weighted by molar-refractivity contribution is 0.567. The van der Waals surface area contributed by atoms with E-state index in [4.69, 9.17) is 4.42 Å². The number of benzene rings is 4. The molecule has 0 aliphatic rings. The van der Waals surface area contributed by atoms with Crippen molar-refractivity contribution < 1.29 is 4.42 Å². The topological polar surface area (TPSA) is 38.9 Å². The summed E-state index contributed by atoms with van der Waals surface area (Å²) in [5.41, 5.74) is 5.93. The van der Waals surface area contributed by atoms with E-state index in [0.29, 0.717) is 0 Å². The first-order valence-electron chi connectivity index (χ1n) is 12.3. The van der Waals surface area contributed by atoms with Crippen molar-refractivity contribution in [2.24, 2.45) is 0 Å². The largest absolute Gasteiger partial charge is 0.455 e. The van der Waals surface area contributed by atoms with Crippen LogP contribution < -0.4 is 0 Å². The van der Waals surface area contributed by atoms with E-state index in [0.717, 1.165) is 33.5 Å². The van der Waals surface area contributed by atoms with Crippen LogP contribution in [0, 0.1) is 0 Å². The Morgan fingerprint density at radius 2 is 1.37 bits per heavy atom. The van der Waals surface area contributed by atoms with Crippen LogP contribution in [-0.2, 0) is 10.8 Å². The molecular weight excluding hydrogens is 428 g/mol. The van der Waals surface area contributed by atoms with Crippen molar-refractivity contribution in [2.45, 2.75) is 52.4 Å². The summed E-state index contributed by atoms with van der Waals surface area (Å²) in [5.74, 6) is 0. The molecule has 174 valence electrons. The fraction of sp³-hybridized carbons (Fsp3) is 0.250. The summed E-state index contributed by atoms with van der Waals surface area (Å²) in [6, 6.07) is 23.9. The average Bonchev–Trinajstić information content (AvgIpc) is 3.22. The molecule has 35 heavy (non-hydrogen) atoms. The molecule has 0 aliphatic carbocycles. The van der Waals surface area contributed by atoms with Crippen molar-refractivity contribution in [3.05, 3.63) is 84.3 Å². The molecule has 6 aromatic rings. The zero-order valence-electron chi connectivity index (χ0n) is 21.2. The van der Waals surface area contributed by atoms with Crippen LogP contribution in [0.25, 0.3) is 54.7 Å². The maximum atomic E-state index is 6.86. The highest BCUT2D eigenvalue weighted by atomic mass is 16.3. The standard InChI is InChI=1S/C32H30N2O/c1-31(2,3)24-16-15-22(25-17-26(32(4,5)6)34-18-33-25)29-28(24)23-14-13-20-12-11-19-9-7-8-10-21(19)27(20)30(23)35-29/h7-18H,1-6H3. The normalized spacial score (nSPS) is 12.9. The van der Waals surface area contributed by atoms with E-state index in [1.165, 1.54) is 32.5 Å². The van der Waals surface area contributed by atoms with Gasteiger partial charge in [-0.25, -0.2) is 9.97 Å². The molecule has 0 fully saturated rings. The Hall–Kier alpha value is -3.72. The maximum absolute atomic E-state index is 6.86. The second-order valence-electron chi connectivity index (χ2n) is 11.6. The van der Waals surface area contributed by atoms with Gasteiger partial charge in [-0.3, -0.25) is 0 Å². The van der Waals surface area contributed by atoms with Gasteiger partial charge in [-0.1, -0.05) is 90.1 Å². The van der Waals surface area contributed by atoms with Crippen LogP contribution in [0.15, 0.2) is 77.5 Å². The Morgan fingerprint density at radius 1 is 0.629 bits per heavy atom. The van der Waals surface area contributed by atoms with Gasteiger partial charge in [0.15, 0.2) is 0 Å². The van der Waals surface area contributed by atoms with Crippen molar-refractivity contribution in [3.8, 4) is 11.3 Å². The summed E-state index contributed by atoms with van der Waals surface area (Å²) in [5, 5.41) is 7.11. The quantitative estimate of drug-likeness (QED) is 0.231. The molecule has 0 radical (unpaired) electrons. The molecule has 0 saturated heterocycles. The second kappa shape index (κ2) is 7.39. The Kier molecular flexibility index (Phi) is 4.60. The lowest BCUT2D eigenvalue weighted by atomic mass is 9.83. The smallest absolute Gasteiger partial charge is 0.145 e. The van der Waals surface area contributed by atoms with Crippen molar-refractivity contribution >= 4 is 43.5 Å². The van der Waals surface area contributed by atoms with E-state index < -0.39 is 0 Å². The molecule has 4 aromatic carbocycles. The van der Waals surface area contributed by atoms with E-state index in [2.05, 4.69) is 118 Å². The van der Waals surface area contributed by atoms with Crippen LogP contribution in [0.2, 0.25) is 0 Å². The molecule has 0 amide bonds. The van der Waals surface area contributed by atoms with Gasteiger partial charge in [-0.2, -0.15) is 0 Å². The van der Waals surface area contributed by atoms with Gasteiger partial charge in [0.1, 0.15) is 17.5 Å². The van der Waals surface area contributed by atoms with Crippen molar-refractivity contribution in [2.75, 3.05) is 0 Å². The minimum Gasteiger partial charge on any atom is -0.455 e. The van der Waals surface area contributed by atoms with E-state index in [9.17, 15) is 0 Å². The molecule has 2 aromatic heterocycles. The summed E-state index contributed by atoms with van der Waals surface area (Å²) in [6.07, 6.45) is 1.67. The molecular formula is C32H30N2O. The number of hydrogen-bond donors (Lipinski definition) is 0. The van der Waals surface area contributed by atoms with E-state index in [-0.39, 0.29) is 10.8 Å². The fourth-order valence-corrected chi connectivity index (χ4v) is 5.17. The van der Waals surface area contributed by atoms with Crippen molar-refractivity contribution in [3.63, 3.8) is 0 Å². The first kappa shape index (κ1) is 21.8. The van der Waals surface area contributed by atoms with Crippen LogP contribution in [0.4, 0.5) is 0 Å². The summed E-state index contributed by atoms with van der Waals surface area (Å²) in [6.45, 7) is 13.3. The molecule has 0 unspecified atom stereocenters. The summed E-state index contributed by atoms with van der Waals surface area (Å²) in [4.78, 5) is 9.23. The molecule has 3 nitrogen and oxygen atoms in total. The van der Waals surface area contributed by atoms with Crippen LogP contribution >= 0.6 is 0 Å². The van der Waals surface area contributed by atoms with Gasteiger partial charge in [0.25, 0.3) is 0 Å². The minimum atomic E-state index is -0.0643. The minimum absolute atomic E-state index is 0.0382. The average molecular weight is 459 g/mol. The third kappa shape index (κ3) is 3.41. The molecule has 0 atom stereocenters. The fourth-order valence-electron chi connectivity index (χ4n) is 5.17. The summed E-state index contributed by atoms with van der Waals surface area (Å²) in [7, 11) is 0. The lowest BCUT2D eigenvalue weighted by Crippen LogP contribution is -2.14. The van der Waals surface area contributed by atoms with Gasteiger partial charge in [-0.05, 0) is 45.3 Å². The van der Waals surface area contributed by atoms with Gasteiger partial charge in [0, 0.05) is 32.8 Å². The van der Waals surface area contributed by atoms with Crippen LogP contribution in [0.1, 0.15) is 52.8 Å². The first-order chi connectivity index (χ1) is 16.6. The van der Waals surface area contributed by atoms with Gasteiger partial charge in [0.2, 0.25) is 0 Å². The SMILES string of the molecule is CC(C)(C)c1cc(-c2ccc(C(C)(C)C)c3c2oc2c3ccc3ccc4ccccc4c32)ncn1. The third-order valence-electron chi connectivity index (χ3n) is 7.01. The predicted octanol–water partition coefficient (Wildman–Crippen LogP) is 8.94. The molecule has 6 rings (SSSR count). The summed E-state index contributed by atoms with van der Waals surface area (Å²) >= 11 is 0. The van der Waals surface area contributed by atoms with Crippen LogP contribution in [0.3, 0.4) is 0 Å². The number of furan rings is 1. The highest BCUT2D eigenvalue weighted by Gasteiger charge is 2.25. The van der Waals surface area contributed by atoms with Crippen LogP contribution in [0.5, 0.6) is 0 Å². The molecule has 2 heterocycles. The zero-order valence-corrected chi connectivity index (χ0v) is 21.2. The number of aromatic nitrogens is 2. The Labute approximate surface area is 205 Å². The van der Waals surface area contributed by atoms with E-state index in [1.54, 1.807) is 6.33 Å². The van der Waals surface area contributed by atoms with Crippen molar-refractivity contribution in [1.82, 2.24) is 9.97 Å². The molecule has 3 heteroatoms. The van der Waals surface area contributed by atoms with Crippen LogP contribution in [-0.4, -0.2) is 9.97 Å². The van der Waals surface area contributed by atoms with E-state index in [1.807, 2.05) is 0 Å². The Morgan fingerprint density at radius 3 is 2.14 bits per heavy atom. The Bertz CT molecular complexity index is 1760. The maximum Gasteiger partial charge on any atom is 0.145 e. The molecule has 0 saturated carbocycles. The molecule has 0 N–H and O–H groups in total. The summed E-state index contributed by atoms with van der Waals surface area (Å²) < 4.78 is 6.86. The number of hydrogen-bond acceptors (Lipinski definition) is 3.